The Kier molecular flexibility index (Phi) is 6.26. The Labute approximate surface area is 155 Å². The molecule has 0 bridgehead atoms. The molecule has 7 heteroatoms. The molecule has 0 aromatic heterocycles. The van der Waals surface area contributed by atoms with Crippen molar-refractivity contribution in [3.8, 4) is 0 Å². The van der Waals surface area contributed by atoms with E-state index in [9.17, 15) is 9.59 Å². The first-order valence-corrected chi connectivity index (χ1v) is 11.7. The largest absolute Gasteiger partial charge is 0.468 e. The van der Waals surface area contributed by atoms with Crippen molar-refractivity contribution in [3.63, 3.8) is 0 Å². The van der Waals surface area contributed by atoms with Crippen LogP contribution in [0, 0.1) is 5.92 Å². The summed E-state index contributed by atoms with van der Waals surface area (Å²) in [6.45, 7) is 8.21. The summed E-state index contributed by atoms with van der Waals surface area (Å²) in [7, 11) is 0.196. The highest BCUT2D eigenvalue weighted by atomic mass is 28.3. The fourth-order valence-electron chi connectivity index (χ4n) is 3.69. The standard InChI is InChI=1S/C19H28O6Si/c1-19(2)24-12-14(25-19)16(15(17(20)22-3)18(21)23-4)26(5,6)13-10-8-7-9-11-13/h7-11,14-16H,12H2,1-6H3/t14-,16+/m0/s1. The molecule has 0 amide bonds. The van der Waals surface area contributed by atoms with E-state index in [0.29, 0.717) is 6.61 Å². The zero-order valence-corrected chi connectivity index (χ0v) is 17.3. The molecular formula is C19H28O6Si. The minimum Gasteiger partial charge on any atom is -0.468 e. The van der Waals surface area contributed by atoms with Crippen molar-refractivity contribution in [3.05, 3.63) is 30.3 Å². The van der Waals surface area contributed by atoms with Gasteiger partial charge < -0.3 is 18.9 Å². The second kappa shape index (κ2) is 7.90. The van der Waals surface area contributed by atoms with Crippen LogP contribution < -0.4 is 5.19 Å². The number of carbonyl (C=O) groups is 2. The summed E-state index contributed by atoms with van der Waals surface area (Å²) in [4.78, 5) is 25.1. The molecule has 1 heterocycles. The SMILES string of the molecule is COC(=O)C(C(=O)OC)[C@@H]([C@@H]1COC(C)(C)O1)[Si](C)(C)c1ccccc1. The van der Waals surface area contributed by atoms with Gasteiger partial charge in [0.15, 0.2) is 11.7 Å². The molecule has 144 valence electrons. The number of carbonyl (C=O) groups excluding carboxylic acids is 2. The highest BCUT2D eigenvalue weighted by Gasteiger charge is 2.54. The molecule has 0 aliphatic carbocycles. The molecule has 0 unspecified atom stereocenters. The molecule has 0 saturated carbocycles. The lowest BCUT2D eigenvalue weighted by Gasteiger charge is -2.39. The predicted molar refractivity (Wildman–Crippen MR) is 99.7 cm³/mol. The third-order valence-corrected chi connectivity index (χ3v) is 9.24. The third kappa shape index (κ3) is 4.16. The van der Waals surface area contributed by atoms with Crippen LogP contribution in [-0.4, -0.2) is 52.7 Å². The van der Waals surface area contributed by atoms with Crippen molar-refractivity contribution in [2.75, 3.05) is 20.8 Å². The van der Waals surface area contributed by atoms with E-state index in [0.717, 1.165) is 5.19 Å². The van der Waals surface area contributed by atoms with Crippen molar-refractivity contribution >= 4 is 25.2 Å². The van der Waals surface area contributed by atoms with Crippen molar-refractivity contribution in [1.82, 2.24) is 0 Å². The summed E-state index contributed by atoms with van der Waals surface area (Å²) in [5.41, 5.74) is -0.397. The van der Waals surface area contributed by atoms with Gasteiger partial charge in [0.05, 0.1) is 35.0 Å². The van der Waals surface area contributed by atoms with E-state index in [-0.39, 0.29) is 0 Å². The van der Waals surface area contributed by atoms with Crippen molar-refractivity contribution < 1.29 is 28.5 Å². The highest BCUT2D eigenvalue weighted by molar-refractivity contribution is 6.91. The summed E-state index contributed by atoms with van der Waals surface area (Å²) >= 11 is 0. The molecule has 1 saturated heterocycles. The molecule has 1 aliphatic heterocycles. The maximum atomic E-state index is 12.6. The van der Waals surface area contributed by atoms with Crippen LogP contribution in [0.1, 0.15) is 13.8 Å². The number of methoxy groups -OCH3 is 2. The van der Waals surface area contributed by atoms with Gasteiger partial charge in [0, 0.05) is 5.54 Å². The predicted octanol–water partition coefficient (Wildman–Crippen LogP) is 2.09. The maximum absolute atomic E-state index is 12.6. The van der Waals surface area contributed by atoms with Crippen LogP contribution >= 0.6 is 0 Å². The summed E-state index contributed by atoms with van der Waals surface area (Å²) in [6.07, 6.45) is -0.407. The van der Waals surface area contributed by atoms with Gasteiger partial charge in [-0.05, 0) is 13.8 Å². The van der Waals surface area contributed by atoms with Gasteiger partial charge in [0.1, 0.15) is 0 Å². The molecule has 26 heavy (non-hydrogen) atoms. The molecule has 1 aromatic rings. The van der Waals surface area contributed by atoms with E-state index in [1.165, 1.54) is 14.2 Å². The van der Waals surface area contributed by atoms with Crippen LogP contribution in [0.25, 0.3) is 0 Å². The van der Waals surface area contributed by atoms with Gasteiger partial charge in [0.2, 0.25) is 0 Å². The maximum Gasteiger partial charge on any atom is 0.320 e. The number of ether oxygens (including phenoxy) is 4. The monoisotopic (exact) mass is 380 g/mol. The Morgan fingerprint density at radius 1 is 1.12 bits per heavy atom. The lowest BCUT2D eigenvalue weighted by molar-refractivity contribution is -0.164. The minimum absolute atomic E-state index is 0.311. The summed E-state index contributed by atoms with van der Waals surface area (Å²) in [5, 5.41) is 1.12. The Morgan fingerprint density at radius 3 is 2.08 bits per heavy atom. The Hall–Kier alpha value is -1.70. The zero-order valence-electron chi connectivity index (χ0n) is 16.3. The minimum atomic E-state index is -2.36. The van der Waals surface area contributed by atoms with Crippen LogP contribution in [0.4, 0.5) is 0 Å². The third-order valence-electron chi connectivity index (χ3n) is 5.05. The molecule has 0 radical (unpaired) electrons. The van der Waals surface area contributed by atoms with Crippen molar-refractivity contribution in [2.45, 2.75) is 44.4 Å². The average molecular weight is 381 g/mol. The summed E-state index contributed by atoms with van der Waals surface area (Å²) in [5.74, 6) is -3.03. The van der Waals surface area contributed by atoms with Crippen LogP contribution in [0.2, 0.25) is 18.6 Å². The molecular weight excluding hydrogens is 352 g/mol. The van der Waals surface area contributed by atoms with Gasteiger partial charge in [-0.15, -0.1) is 0 Å². The number of benzene rings is 1. The van der Waals surface area contributed by atoms with Crippen LogP contribution in [0.5, 0.6) is 0 Å². The van der Waals surface area contributed by atoms with Crippen molar-refractivity contribution in [2.24, 2.45) is 5.92 Å². The zero-order chi connectivity index (χ0) is 19.5. The lowest BCUT2D eigenvalue weighted by atomic mass is 10.0. The lowest BCUT2D eigenvalue weighted by Crippen LogP contribution is -2.56. The smallest absolute Gasteiger partial charge is 0.320 e. The second-order valence-electron chi connectivity index (χ2n) is 7.50. The first-order valence-electron chi connectivity index (χ1n) is 8.67. The van der Waals surface area contributed by atoms with Crippen LogP contribution in [-0.2, 0) is 28.5 Å². The van der Waals surface area contributed by atoms with Gasteiger partial charge in [-0.2, -0.15) is 0 Å². The van der Waals surface area contributed by atoms with E-state index in [4.69, 9.17) is 18.9 Å². The van der Waals surface area contributed by atoms with E-state index in [1.807, 2.05) is 44.2 Å². The molecule has 1 fully saturated rings. The molecule has 1 aliphatic rings. The van der Waals surface area contributed by atoms with E-state index in [2.05, 4.69) is 13.1 Å². The highest BCUT2D eigenvalue weighted by Crippen LogP contribution is 2.41. The number of hydrogen-bond acceptors (Lipinski definition) is 6. The molecule has 0 N–H and O–H groups in total. The number of rotatable bonds is 6. The van der Waals surface area contributed by atoms with Crippen LogP contribution in [0.15, 0.2) is 30.3 Å². The van der Waals surface area contributed by atoms with Crippen LogP contribution in [0.3, 0.4) is 0 Å². The molecule has 0 spiro atoms. The van der Waals surface area contributed by atoms with Gasteiger partial charge in [0.25, 0.3) is 0 Å². The molecule has 2 rings (SSSR count). The Balaban J connectivity index is 2.54. The van der Waals surface area contributed by atoms with Gasteiger partial charge in [-0.25, -0.2) is 0 Å². The van der Waals surface area contributed by atoms with Gasteiger partial charge >= 0.3 is 11.9 Å². The molecule has 1 aromatic carbocycles. The summed E-state index contributed by atoms with van der Waals surface area (Å²) < 4.78 is 21.7. The fourth-order valence-corrected chi connectivity index (χ4v) is 7.33. The first-order chi connectivity index (χ1) is 12.1. The Morgan fingerprint density at radius 2 is 1.65 bits per heavy atom. The summed E-state index contributed by atoms with van der Waals surface area (Å²) in [6, 6.07) is 9.93. The quantitative estimate of drug-likeness (QED) is 0.428. The molecule has 6 nitrogen and oxygen atoms in total. The van der Waals surface area contributed by atoms with E-state index >= 15 is 0 Å². The topological polar surface area (TPSA) is 71.1 Å². The van der Waals surface area contributed by atoms with E-state index in [1.54, 1.807) is 0 Å². The van der Waals surface area contributed by atoms with E-state index < -0.39 is 43.4 Å². The number of esters is 2. The average Bonchev–Trinajstić information content (AvgIpc) is 2.98. The van der Waals surface area contributed by atoms with Crippen molar-refractivity contribution in [1.29, 1.82) is 0 Å². The van der Waals surface area contributed by atoms with Gasteiger partial charge in [-0.3, -0.25) is 9.59 Å². The fraction of sp³-hybridized carbons (Fsp3) is 0.579. The number of hydrogen-bond donors (Lipinski definition) is 0. The van der Waals surface area contributed by atoms with Gasteiger partial charge in [-0.1, -0.05) is 48.6 Å². The first kappa shape index (κ1) is 20.6. The Bertz CT molecular complexity index is 627. The molecule has 2 atom stereocenters. The second-order valence-corrected chi connectivity index (χ2v) is 12.2. The normalized spacial score (nSPS) is 20.7.